The summed E-state index contributed by atoms with van der Waals surface area (Å²) in [5.41, 5.74) is 0.513. The Balaban J connectivity index is 1.39. The first-order valence-corrected chi connectivity index (χ1v) is 9.25. The van der Waals surface area contributed by atoms with Crippen molar-refractivity contribution in [3.8, 4) is 5.75 Å². The maximum absolute atomic E-state index is 12.9. The lowest BCUT2D eigenvalue weighted by molar-refractivity contribution is 0.0560. The van der Waals surface area contributed by atoms with Crippen LogP contribution in [0.5, 0.6) is 5.75 Å². The molecule has 0 spiro atoms. The van der Waals surface area contributed by atoms with E-state index < -0.39 is 0 Å². The molecule has 1 aromatic carbocycles. The SMILES string of the molecule is O=C(c1ccoc1)N1CCCCC1c1nc(CCOc2ccc(F)cc2)no1. The first-order valence-electron chi connectivity index (χ1n) is 9.25. The molecule has 0 saturated carbocycles. The second-order valence-electron chi connectivity index (χ2n) is 6.62. The van der Waals surface area contributed by atoms with E-state index in [2.05, 4.69) is 10.1 Å². The van der Waals surface area contributed by atoms with Crippen LogP contribution in [-0.2, 0) is 6.42 Å². The van der Waals surface area contributed by atoms with Gasteiger partial charge in [-0.15, -0.1) is 0 Å². The molecule has 1 fully saturated rings. The normalized spacial score (nSPS) is 16.9. The minimum Gasteiger partial charge on any atom is -0.493 e. The van der Waals surface area contributed by atoms with Crippen molar-refractivity contribution in [1.29, 1.82) is 0 Å². The van der Waals surface area contributed by atoms with E-state index in [0.29, 0.717) is 42.6 Å². The number of furan rings is 1. The molecule has 8 heteroatoms. The van der Waals surface area contributed by atoms with Crippen molar-refractivity contribution < 1.29 is 22.9 Å². The number of halogens is 1. The monoisotopic (exact) mass is 385 g/mol. The molecule has 1 aliphatic rings. The van der Waals surface area contributed by atoms with Crippen LogP contribution in [0.3, 0.4) is 0 Å². The van der Waals surface area contributed by atoms with Crippen LogP contribution in [0.4, 0.5) is 4.39 Å². The van der Waals surface area contributed by atoms with Crippen molar-refractivity contribution in [1.82, 2.24) is 15.0 Å². The zero-order valence-electron chi connectivity index (χ0n) is 15.2. The second-order valence-corrected chi connectivity index (χ2v) is 6.62. The Morgan fingerprint density at radius 3 is 2.89 bits per heavy atom. The third-order valence-corrected chi connectivity index (χ3v) is 4.71. The number of hydrogen-bond acceptors (Lipinski definition) is 6. The van der Waals surface area contributed by atoms with Crippen molar-refractivity contribution in [3.05, 3.63) is 66.0 Å². The molecule has 1 amide bonds. The summed E-state index contributed by atoms with van der Waals surface area (Å²) in [4.78, 5) is 19.0. The minimum atomic E-state index is -0.308. The quantitative estimate of drug-likeness (QED) is 0.642. The van der Waals surface area contributed by atoms with Crippen molar-refractivity contribution >= 4 is 5.91 Å². The summed E-state index contributed by atoms with van der Waals surface area (Å²) < 4.78 is 28.9. The van der Waals surface area contributed by atoms with E-state index in [-0.39, 0.29) is 17.8 Å². The molecule has 146 valence electrons. The minimum absolute atomic E-state index is 0.0992. The number of hydrogen-bond donors (Lipinski definition) is 0. The summed E-state index contributed by atoms with van der Waals surface area (Å²) in [7, 11) is 0. The fourth-order valence-corrected chi connectivity index (χ4v) is 3.28. The number of carbonyl (C=O) groups excluding carboxylic acids is 1. The highest BCUT2D eigenvalue weighted by molar-refractivity contribution is 5.94. The Kier molecular flexibility index (Phi) is 5.36. The lowest BCUT2D eigenvalue weighted by atomic mass is 10.0. The Hall–Kier alpha value is -3.16. The summed E-state index contributed by atoms with van der Waals surface area (Å²) >= 11 is 0. The van der Waals surface area contributed by atoms with Crippen LogP contribution in [0.2, 0.25) is 0 Å². The Morgan fingerprint density at radius 2 is 2.11 bits per heavy atom. The molecule has 7 nitrogen and oxygen atoms in total. The third kappa shape index (κ3) is 4.05. The fraction of sp³-hybridized carbons (Fsp3) is 0.350. The first kappa shape index (κ1) is 18.2. The number of piperidine rings is 1. The van der Waals surface area contributed by atoms with Crippen LogP contribution in [-0.4, -0.2) is 34.1 Å². The van der Waals surface area contributed by atoms with Gasteiger partial charge in [-0.2, -0.15) is 4.98 Å². The Morgan fingerprint density at radius 1 is 1.25 bits per heavy atom. The standard InChI is InChI=1S/C20H20FN3O4/c21-15-4-6-16(7-5-15)27-12-9-18-22-19(28-23-18)17-3-1-2-10-24(17)20(25)14-8-11-26-13-14/h4-8,11,13,17H,1-3,9-10,12H2. The van der Waals surface area contributed by atoms with Gasteiger partial charge in [0, 0.05) is 13.0 Å². The molecule has 4 rings (SSSR count). The van der Waals surface area contributed by atoms with Gasteiger partial charge in [-0.05, 0) is 49.6 Å². The van der Waals surface area contributed by atoms with Crippen molar-refractivity contribution in [2.24, 2.45) is 0 Å². The van der Waals surface area contributed by atoms with Gasteiger partial charge in [0.05, 0.1) is 18.4 Å². The van der Waals surface area contributed by atoms with Crippen molar-refractivity contribution in [2.45, 2.75) is 31.7 Å². The smallest absolute Gasteiger partial charge is 0.257 e. The lowest BCUT2D eigenvalue weighted by Crippen LogP contribution is -2.38. The number of carbonyl (C=O) groups is 1. The highest BCUT2D eigenvalue weighted by Crippen LogP contribution is 2.31. The number of ether oxygens (including phenoxy) is 1. The highest BCUT2D eigenvalue weighted by atomic mass is 19.1. The number of aromatic nitrogens is 2. The Labute approximate surface area is 161 Å². The summed E-state index contributed by atoms with van der Waals surface area (Å²) in [5.74, 6) is 1.12. The maximum atomic E-state index is 12.9. The fourth-order valence-electron chi connectivity index (χ4n) is 3.28. The van der Waals surface area contributed by atoms with Crippen LogP contribution >= 0.6 is 0 Å². The molecule has 3 heterocycles. The highest BCUT2D eigenvalue weighted by Gasteiger charge is 2.33. The second kappa shape index (κ2) is 8.24. The molecule has 0 bridgehead atoms. The molecular formula is C20H20FN3O4. The molecule has 28 heavy (non-hydrogen) atoms. The van der Waals surface area contributed by atoms with E-state index in [1.807, 2.05) is 0 Å². The summed E-state index contributed by atoms with van der Waals surface area (Å²) in [6.07, 6.45) is 6.08. The van der Waals surface area contributed by atoms with Crippen LogP contribution in [0.25, 0.3) is 0 Å². The molecule has 1 saturated heterocycles. The van der Waals surface area contributed by atoms with Crippen LogP contribution in [0.15, 0.2) is 51.8 Å². The van der Waals surface area contributed by atoms with E-state index in [1.165, 1.54) is 24.7 Å². The molecule has 1 aliphatic heterocycles. The number of amides is 1. The molecular weight excluding hydrogens is 365 g/mol. The van der Waals surface area contributed by atoms with Gasteiger partial charge in [-0.1, -0.05) is 5.16 Å². The number of benzene rings is 1. The number of rotatable bonds is 6. The van der Waals surface area contributed by atoms with Gasteiger partial charge in [0.1, 0.15) is 23.9 Å². The van der Waals surface area contributed by atoms with Gasteiger partial charge in [0.15, 0.2) is 5.82 Å². The number of likely N-dealkylation sites (tertiary alicyclic amines) is 1. The van der Waals surface area contributed by atoms with Gasteiger partial charge in [0.2, 0.25) is 5.89 Å². The predicted molar refractivity (Wildman–Crippen MR) is 96.2 cm³/mol. The average molecular weight is 385 g/mol. The Bertz CT molecular complexity index is 908. The zero-order chi connectivity index (χ0) is 19.3. The van der Waals surface area contributed by atoms with Gasteiger partial charge >= 0.3 is 0 Å². The van der Waals surface area contributed by atoms with Crippen LogP contribution in [0, 0.1) is 5.82 Å². The third-order valence-electron chi connectivity index (χ3n) is 4.71. The molecule has 1 atom stereocenters. The molecule has 0 N–H and O–H groups in total. The summed E-state index contributed by atoms with van der Waals surface area (Å²) in [5, 5.41) is 4.01. The summed E-state index contributed by atoms with van der Waals surface area (Å²) in [6, 6.07) is 7.24. The van der Waals surface area contributed by atoms with E-state index in [0.717, 1.165) is 19.3 Å². The maximum Gasteiger partial charge on any atom is 0.257 e. The van der Waals surface area contributed by atoms with Crippen molar-refractivity contribution in [2.75, 3.05) is 13.2 Å². The van der Waals surface area contributed by atoms with Crippen molar-refractivity contribution in [3.63, 3.8) is 0 Å². The molecule has 0 radical (unpaired) electrons. The lowest BCUT2D eigenvalue weighted by Gasteiger charge is -2.33. The van der Waals surface area contributed by atoms with E-state index in [9.17, 15) is 9.18 Å². The van der Waals surface area contributed by atoms with E-state index >= 15 is 0 Å². The average Bonchev–Trinajstić information content (AvgIpc) is 3.41. The van der Waals surface area contributed by atoms with Gasteiger partial charge in [-0.3, -0.25) is 4.79 Å². The molecule has 3 aromatic rings. The molecule has 0 aliphatic carbocycles. The zero-order valence-corrected chi connectivity index (χ0v) is 15.2. The van der Waals surface area contributed by atoms with Gasteiger partial charge < -0.3 is 18.6 Å². The van der Waals surface area contributed by atoms with Gasteiger partial charge in [0.25, 0.3) is 5.91 Å². The summed E-state index contributed by atoms with van der Waals surface area (Å²) in [6.45, 7) is 0.979. The van der Waals surface area contributed by atoms with E-state index in [1.54, 1.807) is 23.1 Å². The van der Waals surface area contributed by atoms with Gasteiger partial charge in [-0.25, -0.2) is 4.39 Å². The first-order chi connectivity index (χ1) is 13.7. The van der Waals surface area contributed by atoms with Crippen LogP contribution in [0.1, 0.15) is 47.4 Å². The predicted octanol–water partition coefficient (Wildman–Crippen LogP) is 3.79. The molecule has 2 aromatic heterocycles. The molecule has 1 unspecified atom stereocenters. The van der Waals surface area contributed by atoms with Crippen LogP contribution < -0.4 is 4.74 Å². The topological polar surface area (TPSA) is 81.6 Å². The largest absolute Gasteiger partial charge is 0.493 e. The number of nitrogens with zero attached hydrogens (tertiary/aromatic N) is 3. The van der Waals surface area contributed by atoms with E-state index in [4.69, 9.17) is 13.7 Å².